The first-order valence-electron chi connectivity index (χ1n) is 11.0. The maximum Gasteiger partial charge on any atom is 0.322 e. The van der Waals surface area contributed by atoms with E-state index in [1.165, 1.54) is 28.6 Å². The standard InChI is InChI=1S/C23H26N4O6S/c1-4-31-19-13-8-16(14-20(19)32-5-2)22-25-26-23(33-22)24-21(28)15-6-11-18(12-7-15)34(29,30)27(3)17-9-10-17/h6-8,11-14,17H,4-5,9-10H2,1-3H3,(H,24,26,28). The Morgan fingerprint density at radius 3 is 2.38 bits per heavy atom. The lowest BCUT2D eigenvalue weighted by Gasteiger charge is -2.16. The summed E-state index contributed by atoms with van der Waals surface area (Å²) in [6.07, 6.45) is 1.73. The quantitative estimate of drug-likeness (QED) is 0.461. The van der Waals surface area contributed by atoms with E-state index in [-0.39, 0.29) is 28.4 Å². The second-order valence-corrected chi connectivity index (χ2v) is 9.67. The minimum Gasteiger partial charge on any atom is -0.490 e. The molecule has 3 aromatic rings. The summed E-state index contributed by atoms with van der Waals surface area (Å²) in [5.74, 6) is 0.850. The molecule has 1 heterocycles. The van der Waals surface area contributed by atoms with E-state index in [4.69, 9.17) is 13.9 Å². The zero-order valence-electron chi connectivity index (χ0n) is 19.1. The molecule has 0 atom stereocenters. The van der Waals surface area contributed by atoms with Crippen LogP contribution in [-0.2, 0) is 10.0 Å². The van der Waals surface area contributed by atoms with Crippen molar-refractivity contribution in [2.45, 2.75) is 37.6 Å². The molecule has 0 bridgehead atoms. The van der Waals surface area contributed by atoms with Gasteiger partial charge in [-0.05, 0) is 69.2 Å². The minimum absolute atomic E-state index is 0.0553. The van der Waals surface area contributed by atoms with Crippen LogP contribution < -0.4 is 14.8 Å². The summed E-state index contributed by atoms with van der Waals surface area (Å²) in [5, 5.41) is 10.4. The van der Waals surface area contributed by atoms with Gasteiger partial charge < -0.3 is 13.9 Å². The third-order valence-corrected chi connectivity index (χ3v) is 7.21. The molecule has 1 amide bonds. The van der Waals surface area contributed by atoms with Crippen LogP contribution in [0.25, 0.3) is 11.5 Å². The van der Waals surface area contributed by atoms with E-state index < -0.39 is 15.9 Å². The molecule has 0 saturated heterocycles. The zero-order chi connectivity index (χ0) is 24.3. The number of amides is 1. The maximum absolute atomic E-state index is 12.6. The Bertz CT molecular complexity index is 1270. The number of nitrogens with one attached hydrogen (secondary N) is 1. The van der Waals surface area contributed by atoms with Crippen LogP contribution in [0.15, 0.2) is 51.8 Å². The van der Waals surface area contributed by atoms with Gasteiger partial charge in [-0.3, -0.25) is 10.1 Å². The molecule has 1 aromatic heterocycles. The van der Waals surface area contributed by atoms with Crippen molar-refractivity contribution >= 4 is 21.9 Å². The first kappa shape index (κ1) is 23.7. The normalized spacial score (nSPS) is 13.6. The zero-order valence-corrected chi connectivity index (χ0v) is 20.0. The van der Waals surface area contributed by atoms with Gasteiger partial charge in [0.2, 0.25) is 15.9 Å². The van der Waals surface area contributed by atoms with Gasteiger partial charge in [0.1, 0.15) is 0 Å². The van der Waals surface area contributed by atoms with E-state index in [1.54, 1.807) is 25.2 Å². The molecule has 0 spiro atoms. The molecule has 180 valence electrons. The molecule has 1 aliphatic rings. The Morgan fingerprint density at radius 2 is 1.74 bits per heavy atom. The molecular weight excluding hydrogens is 460 g/mol. The van der Waals surface area contributed by atoms with Gasteiger partial charge in [-0.15, -0.1) is 5.10 Å². The Kier molecular flexibility index (Phi) is 6.85. The number of hydrogen-bond donors (Lipinski definition) is 1. The molecule has 10 nitrogen and oxygen atoms in total. The molecule has 0 radical (unpaired) electrons. The smallest absolute Gasteiger partial charge is 0.322 e. The van der Waals surface area contributed by atoms with Crippen LogP contribution in [-0.4, -0.2) is 55.1 Å². The van der Waals surface area contributed by atoms with Crippen LogP contribution in [0.3, 0.4) is 0 Å². The predicted octanol–water partition coefficient (Wildman–Crippen LogP) is 3.57. The highest BCUT2D eigenvalue weighted by Gasteiger charge is 2.35. The summed E-state index contributed by atoms with van der Waals surface area (Å²) < 4.78 is 43.4. The monoisotopic (exact) mass is 486 g/mol. The molecule has 0 unspecified atom stereocenters. The molecular formula is C23H26N4O6S. The van der Waals surface area contributed by atoms with Crippen molar-refractivity contribution in [1.82, 2.24) is 14.5 Å². The van der Waals surface area contributed by atoms with Crippen LogP contribution in [0.2, 0.25) is 0 Å². The van der Waals surface area contributed by atoms with Gasteiger partial charge in [0, 0.05) is 24.2 Å². The Balaban J connectivity index is 1.46. The molecule has 11 heteroatoms. The molecule has 1 saturated carbocycles. The lowest BCUT2D eigenvalue weighted by atomic mass is 10.2. The van der Waals surface area contributed by atoms with E-state index >= 15 is 0 Å². The fourth-order valence-corrected chi connectivity index (χ4v) is 4.74. The molecule has 1 N–H and O–H groups in total. The van der Waals surface area contributed by atoms with Gasteiger partial charge in [-0.1, -0.05) is 5.10 Å². The third-order valence-electron chi connectivity index (χ3n) is 5.29. The number of carbonyl (C=O) groups excluding carboxylic acids is 1. The maximum atomic E-state index is 12.6. The molecule has 1 aliphatic carbocycles. The lowest BCUT2D eigenvalue weighted by Crippen LogP contribution is -2.29. The highest BCUT2D eigenvalue weighted by atomic mass is 32.2. The van der Waals surface area contributed by atoms with Crippen LogP contribution in [0, 0.1) is 0 Å². The fraction of sp³-hybridized carbons (Fsp3) is 0.348. The minimum atomic E-state index is -3.58. The first-order chi connectivity index (χ1) is 16.3. The van der Waals surface area contributed by atoms with Crippen molar-refractivity contribution in [3.05, 3.63) is 48.0 Å². The molecule has 34 heavy (non-hydrogen) atoms. The second-order valence-electron chi connectivity index (χ2n) is 7.67. The van der Waals surface area contributed by atoms with E-state index in [0.29, 0.717) is 30.3 Å². The average molecular weight is 487 g/mol. The summed E-state index contributed by atoms with van der Waals surface area (Å²) in [6, 6.07) is 10.9. The molecule has 4 rings (SSSR count). The van der Waals surface area contributed by atoms with E-state index in [0.717, 1.165) is 12.8 Å². The topological polar surface area (TPSA) is 124 Å². The Hall–Kier alpha value is -3.44. The van der Waals surface area contributed by atoms with Gasteiger partial charge in [0.15, 0.2) is 11.5 Å². The average Bonchev–Trinajstić information content (AvgIpc) is 3.58. The number of anilines is 1. The van der Waals surface area contributed by atoms with Gasteiger partial charge >= 0.3 is 6.01 Å². The van der Waals surface area contributed by atoms with Crippen LogP contribution in [0.5, 0.6) is 11.5 Å². The highest BCUT2D eigenvalue weighted by Crippen LogP contribution is 2.33. The van der Waals surface area contributed by atoms with E-state index in [2.05, 4.69) is 15.5 Å². The van der Waals surface area contributed by atoms with Crippen molar-refractivity contribution in [3.8, 4) is 23.0 Å². The van der Waals surface area contributed by atoms with E-state index in [9.17, 15) is 13.2 Å². The van der Waals surface area contributed by atoms with Gasteiger partial charge in [-0.25, -0.2) is 8.42 Å². The highest BCUT2D eigenvalue weighted by molar-refractivity contribution is 7.89. The SMILES string of the molecule is CCOc1ccc(-c2nnc(NC(=O)c3ccc(S(=O)(=O)N(C)C4CC4)cc3)o2)cc1OCC. The summed E-state index contributed by atoms with van der Waals surface area (Å²) >= 11 is 0. The van der Waals surface area contributed by atoms with Crippen LogP contribution >= 0.6 is 0 Å². The number of hydrogen-bond acceptors (Lipinski definition) is 8. The molecule has 1 fully saturated rings. The second kappa shape index (κ2) is 9.82. The van der Waals surface area contributed by atoms with Crippen molar-refractivity contribution in [2.24, 2.45) is 0 Å². The van der Waals surface area contributed by atoms with Gasteiger partial charge in [0.05, 0.1) is 18.1 Å². The van der Waals surface area contributed by atoms with Crippen LogP contribution in [0.4, 0.5) is 6.01 Å². The molecule has 2 aromatic carbocycles. The Labute approximate surface area is 197 Å². The van der Waals surface area contributed by atoms with Crippen molar-refractivity contribution in [2.75, 3.05) is 25.6 Å². The van der Waals surface area contributed by atoms with Gasteiger partial charge in [-0.2, -0.15) is 4.31 Å². The summed E-state index contributed by atoms with van der Waals surface area (Å²) in [5.41, 5.74) is 0.863. The fourth-order valence-electron chi connectivity index (χ4n) is 3.32. The lowest BCUT2D eigenvalue weighted by molar-refractivity contribution is 0.102. The Morgan fingerprint density at radius 1 is 1.06 bits per heavy atom. The number of aromatic nitrogens is 2. The van der Waals surface area contributed by atoms with Gasteiger partial charge in [0.25, 0.3) is 5.91 Å². The summed E-state index contributed by atoms with van der Waals surface area (Å²) in [4.78, 5) is 12.7. The number of sulfonamides is 1. The largest absolute Gasteiger partial charge is 0.490 e. The third kappa shape index (κ3) is 5.05. The van der Waals surface area contributed by atoms with Crippen molar-refractivity contribution in [1.29, 1.82) is 0 Å². The number of rotatable bonds is 10. The number of ether oxygens (including phenoxy) is 2. The van der Waals surface area contributed by atoms with E-state index in [1.807, 2.05) is 13.8 Å². The number of benzene rings is 2. The number of carbonyl (C=O) groups is 1. The van der Waals surface area contributed by atoms with Crippen LogP contribution in [0.1, 0.15) is 37.0 Å². The molecule has 0 aliphatic heterocycles. The van der Waals surface area contributed by atoms with Crippen molar-refractivity contribution < 1.29 is 27.1 Å². The summed E-state index contributed by atoms with van der Waals surface area (Å²) in [7, 11) is -2.01. The summed E-state index contributed by atoms with van der Waals surface area (Å²) in [6.45, 7) is 4.72. The van der Waals surface area contributed by atoms with Crippen molar-refractivity contribution in [3.63, 3.8) is 0 Å². The first-order valence-corrected chi connectivity index (χ1v) is 12.4. The predicted molar refractivity (Wildman–Crippen MR) is 124 cm³/mol. The number of nitrogens with zero attached hydrogens (tertiary/aromatic N) is 3.